The number of amides is 1. The largest absolute Gasteiger partial charge is 0.393 e. The lowest BCUT2D eigenvalue weighted by atomic mass is 9.87. The molecule has 0 heterocycles. The molecule has 1 unspecified atom stereocenters. The van der Waals surface area contributed by atoms with Gasteiger partial charge in [0, 0.05) is 17.9 Å². The van der Waals surface area contributed by atoms with Crippen molar-refractivity contribution in [3.63, 3.8) is 0 Å². The summed E-state index contributed by atoms with van der Waals surface area (Å²) in [7, 11) is 0. The van der Waals surface area contributed by atoms with Crippen LogP contribution in [0.2, 0.25) is 0 Å². The van der Waals surface area contributed by atoms with Crippen LogP contribution in [0, 0.1) is 5.41 Å². The van der Waals surface area contributed by atoms with Gasteiger partial charge in [0.15, 0.2) is 0 Å². The standard InChI is InChI=1S/C11H20N2OS/c1-8(7-9(12)15)13-10(14)11(2)5-3-4-6-11/h8H,3-7H2,1-2H3,(H2,12,15)(H,13,14). The average molecular weight is 228 g/mol. The third-order valence-corrected chi connectivity index (χ3v) is 3.31. The molecule has 0 radical (unpaired) electrons. The summed E-state index contributed by atoms with van der Waals surface area (Å²) in [6.07, 6.45) is 4.90. The van der Waals surface area contributed by atoms with Crippen molar-refractivity contribution in [3.05, 3.63) is 0 Å². The van der Waals surface area contributed by atoms with Crippen molar-refractivity contribution >= 4 is 23.1 Å². The zero-order chi connectivity index (χ0) is 11.5. The highest BCUT2D eigenvalue weighted by Crippen LogP contribution is 2.37. The van der Waals surface area contributed by atoms with Crippen molar-refractivity contribution in [2.75, 3.05) is 0 Å². The summed E-state index contributed by atoms with van der Waals surface area (Å²) < 4.78 is 0. The Morgan fingerprint density at radius 3 is 2.53 bits per heavy atom. The zero-order valence-corrected chi connectivity index (χ0v) is 10.3. The van der Waals surface area contributed by atoms with Crippen LogP contribution in [0.25, 0.3) is 0 Å². The summed E-state index contributed by atoms with van der Waals surface area (Å²) in [5.41, 5.74) is 5.27. The molecule has 1 aliphatic carbocycles. The van der Waals surface area contributed by atoms with Gasteiger partial charge in [-0.05, 0) is 19.8 Å². The van der Waals surface area contributed by atoms with Crippen molar-refractivity contribution in [2.45, 2.75) is 52.0 Å². The maximum atomic E-state index is 12.0. The summed E-state index contributed by atoms with van der Waals surface area (Å²) in [5.74, 6) is 0.156. The fourth-order valence-electron chi connectivity index (χ4n) is 2.13. The van der Waals surface area contributed by atoms with Crippen LogP contribution in [0.4, 0.5) is 0 Å². The van der Waals surface area contributed by atoms with Gasteiger partial charge in [-0.2, -0.15) is 0 Å². The molecule has 0 bridgehead atoms. The molecular formula is C11H20N2OS. The molecule has 1 saturated carbocycles. The van der Waals surface area contributed by atoms with E-state index in [4.69, 9.17) is 18.0 Å². The van der Waals surface area contributed by atoms with Gasteiger partial charge < -0.3 is 11.1 Å². The topological polar surface area (TPSA) is 55.1 Å². The van der Waals surface area contributed by atoms with Crippen molar-refractivity contribution in [3.8, 4) is 0 Å². The van der Waals surface area contributed by atoms with E-state index in [-0.39, 0.29) is 17.4 Å². The molecule has 0 spiro atoms. The van der Waals surface area contributed by atoms with Crippen LogP contribution >= 0.6 is 12.2 Å². The first kappa shape index (κ1) is 12.4. The lowest BCUT2D eigenvalue weighted by Crippen LogP contribution is -2.43. The number of hydrogen-bond donors (Lipinski definition) is 2. The molecule has 3 nitrogen and oxygen atoms in total. The Balaban J connectivity index is 2.44. The molecule has 1 amide bonds. The molecule has 4 heteroatoms. The van der Waals surface area contributed by atoms with Gasteiger partial charge in [0.2, 0.25) is 5.91 Å². The molecule has 86 valence electrons. The Kier molecular flexibility index (Phi) is 4.08. The van der Waals surface area contributed by atoms with Gasteiger partial charge in [0.1, 0.15) is 0 Å². The molecule has 0 aromatic carbocycles. The van der Waals surface area contributed by atoms with Gasteiger partial charge in [-0.3, -0.25) is 4.79 Å². The second-order valence-corrected chi connectivity index (χ2v) is 5.34. The molecule has 1 atom stereocenters. The molecule has 1 rings (SSSR count). The third-order valence-electron chi connectivity index (χ3n) is 3.14. The molecule has 3 N–H and O–H groups in total. The van der Waals surface area contributed by atoms with Gasteiger partial charge in [-0.25, -0.2) is 0 Å². The highest BCUT2D eigenvalue weighted by Gasteiger charge is 2.36. The van der Waals surface area contributed by atoms with E-state index in [1.54, 1.807) is 0 Å². The number of thiocarbonyl (C=S) groups is 1. The van der Waals surface area contributed by atoms with Crippen LogP contribution < -0.4 is 11.1 Å². The average Bonchev–Trinajstić information content (AvgIpc) is 2.51. The number of hydrogen-bond acceptors (Lipinski definition) is 2. The van der Waals surface area contributed by atoms with Crippen molar-refractivity contribution in [1.82, 2.24) is 5.32 Å². The highest BCUT2D eigenvalue weighted by atomic mass is 32.1. The quantitative estimate of drug-likeness (QED) is 0.721. The van der Waals surface area contributed by atoms with E-state index in [1.807, 2.05) is 13.8 Å². The molecule has 15 heavy (non-hydrogen) atoms. The minimum Gasteiger partial charge on any atom is -0.393 e. The van der Waals surface area contributed by atoms with Gasteiger partial charge >= 0.3 is 0 Å². The summed E-state index contributed by atoms with van der Waals surface area (Å²) in [5, 5.41) is 2.99. The predicted octanol–water partition coefficient (Wildman–Crippen LogP) is 1.75. The van der Waals surface area contributed by atoms with Gasteiger partial charge in [-0.15, -0.1) is 0 Å². The highest BCUT2D eigenvalue weighted by molar-refractivity contribution is 7.80. The van der Waals surface area contributed by atoms with Crippen LogP contribution in [0.15, 0.2) is 0 Å². The van der Waals surface area contributed by atoms with Gasteiger partial charge in [0.05, 0.1) is 4.99 Å². The van der Waals surface area contributed by atoms with Crippen LogP contribution in [0.3, 0.4) is 0 Å². The van der Waals surface area contributed by atoms with Crippen molar-refractivity contribution < 1.29 is 4.79 Å². The molecule has 0 aromatic rings. The summed E-state index contributed by atoms with van der Waals surface area (Å²) in [4.78, 5) is 12.4. The summed E-state index contributed by atoms with van der Waals surface area (Å²) >= 11 is 4.81. The Morgan fingerprint density at radius 2 is 2.07 bits per heavy atom. The first-order valence-corrected chi connectivity index (χ1v) is 5.94. The molecule has 1 aliphatic rings. The molecule has 0 saturated heterocycles. The number of carbonyl (C=O) groups is 1. The Bertz CT molecular complexity index is 259. The zero-order valence-electron chi connectivity index (χ0n) is 9.51. The van der Waals surface area contributed by atoms with Crippen LogP contribution in [0.5, 0.6) is 0 Å². The maximum absolute atomic E-state index is 12.0. The van der Waals surface area contributed by atoms with Crippen LogP contribution in [-0.2, 0) is 4.79 Å². The number of rotatable bonds is 4. The summed E-state index contributed by atoms with van der Waals surface area (Å²) in [6, 6.07) is 0.0485. The molecule has 0 aromatic heterocycles. The van der Waals surface area contributed by atoms with E-state index in [0.29, 0.717) is 11.4 Å². The first-order chi connectivity index (χ1) is 6.94. The van der Waals surface area contributed by atoms with E-state index in [1.165, 1.54) is 0 Å². The predicted molar refractivity (Wildman–Crippen MR) is 65.6 cm³/mol. The third kappa shape index (κ3) is 3.45. The number of carbonyl (C=O) groups excluding carboxylic acids is 1. The van der Waals surface area contributed by atoms with Crippen LogP contribution in [0.1, 0.15) is 46.0 Å². The van der Waals surface area contributed by atoms with E-state index < -0.39 is 0 Å². The lowest BCUT2D eigenvalue weighted by Gasteiger charge is -2.25. The molecule has 0 aliphatic heterocycles. The van der Waals surface area contributed by atoms with E-state index in [9.17, 15) is 4.79 Å². The fraction of sp³-hybridized carbons (Fsp3) is 0.818. The monoisotopic (exact) mass is 228 g/mol. The van der Waals surface area contributed by atoms with E-state index >= 15 is 0 Å². The number of nitrogens with two attached hydrogens (primary N) is 1. The van der Waals surface area contributed by atoms with E-state index in [0.717, 1.165) is 25.7 Å². The minimum atomic E-state index is -0.162. The Morgan fingerprint density at radius 1 is 1.53 bits per heavy atom. The van der Waals surface area contributed by atoms with Crippen molar-refractivity contribution in [2.24, 2.45) is 11.1 Å². The SMILES string of the molecule is CC(CC(N)=S)NC(=O)C1(C)CCCC1. The van der Waals surface area contributed by atoms with Crippen molar-refractivity contribution in [1.29, 1.82) is 0 Å². The van der Waals surface area contributed by atoms with Gasteiger partial charge in [-0.1, -0.05) is 32.0 Å². The number of nitrogens with one attached hydrogen (secondary N) is 1. The van der Waals surface area contributed by atoms with Crippen LogP contribution in [-0.4, -0.2) is 16.9 Å². The molecule has 1 fully saturated rings. The fourth-order valence-corrected chi connectivity index (χ4v) is 2.38. The maximum Gasteiger partial charge on any atom is 0.226 e. The summed E-state index contributed by atoms with van der Waals surface area (Å²) in [6.45, 7) is 3.98. The lowest BCUT2D eigenvalue weighted by molar-refractivity contribution is -0.130. The smallest absolute Gasteiger partial charge is 0.226 e. The second kappa shape index (κ2) is 4.92. The Hall–Kier alpha value is -0.640. The normalized spacial score (nSPS) is 20.9. The van der Waals surface area contributed by atoms with E-state index in [2.05, 4.69) is 5.32 Å². The second-order valence-electron chi connectivity index (χ2n) is 4.81. The van der Waals surface area contributed by atoms with Gasteiger partial charge in [0.25, 0.3) is 0 Å². The molecular weight excluding hydrogens is 208 g/mol. The minimum absolute atomic E-state index is 0.0485. The first-order valence-electron chi connectivity index (χ1n) is 5.53. The Labute approximate surface area is 96.8 Å².